The fraction of sp³-hybridized carbons (Fsp3) is 0.692. The quantitative estimate of drug-likeness (QED) is 0.553. The molecule has 0 amide bonds. The summed E-state index contributed by atoms with van der Waals surface area (Å²) in [6, 6.07) is 0. The Kier molecular flexibility index (Phi) is 5.67. The molecular weight excluding hydrogens is 187 g/mol. The van der Waals surface area contributed by atoms with E-state index in [9.17, 15) is 0 Å². The van der Waals surface area contributed by atoms with Gasteiger partial charge in [0.15, 0.2) is 0 Å². The molecule has 1 heteroatoms. The maximum absolute atomic E-state index is 4.16. The zero-order valence-corrected chi connectivity index (χ0v) is 11.6. The minimum Gasteiger partial charge on any atom is -0.0953 e. The van der Waals surface area contributed by atoms with Gasteiger partial charge in [0.2, 0.25) is 0 Å². The lowest BCUT2D eigenvalue weighted by molar-refractivity contribution is 0.527. The van der Waals surface area contributed by atoms with Gasteiger partial charge < -0.3 is 0 Å². The maximum atomic E-state index is 4.16. The van der Waals surface area contributed by atoms with Crippen LogP contribution in [0.25, 0.3) is 0 Å². The molecular formula is C13H25P. The van der Waals surface area contributed by atoms with Gasteiger partial charge in [-0.15, -0.1) is 0 Å². The van der Waals surface area contributed by atoms with E-state index in [2.05, 4.69) is 48.1 Å². The highest BCUT2D eigenvalue weighted by Crippen LogP contribution is 2.46. The van der Waals surface area contributed by atoms with Gasteiger partial charge in [-0.1, -0.05) is 60.2 Å². The molecule has 0 N–H and O–H groups in total. The molecule has 1 unspecified atom stereocenters. The van der Waals surface area contributed by atoms with Crippen LogP contribution in [0.2, 0.25) is 0 Å². The van der Waals surface area contributed by atoms with Crippen molar-refractivity contribution >= 4 is 8.58 Å². The van der Waals surface area contributed by atoms with E-state index in [0.717, 1.165) is 8.58 Å². The second-order valence-corrected chi connectivity index (χ2v) is 6.56. The molecule has 82 valence electrons. The van der Waals surface area contributed by atoms with Crippen LogP contribution in [0.5, 0.6) is 0 Å². The Hall–Kier alpha value is -0.0900. The molecule has 0 aromatic carbocycles. The van der Waals surface area contributed by atoms with Crippen LogP contribution < -0.4 is 0 Å². The van der Waals surface area contributed by atoms with Crippen LogP contribution in [-0.2, 0) is 0 Å². The first-order valence-corrected chi connectivity index (χ1v) is 6.41. The van der Waals surface area contributed by atoms with Crippen molar-refractivity contribution in [2.75, 3.05) is 0 Å². The number of allylic oxidation sites excluding steroid dienone is 3. The average Bonchev–Trinajstić information content (AvgIpc) is 1.98. The SMILES string of the molecule is C=C(CCC)PC(=C(C)C)C(C)(C)C. The summed E-state index contributed by atoms with van der Waals surface area (Å²) in [6.07, 6.45) is 2.39. The Balaban J connectivity index is 4.59. The first-order valence-electron chi connectivity index (χ1n) is 5.41. The third-order valence-corrected chi connectivity index (χ3v) is 4.21. The Bertz CT molecular complexity index is 224. The minimum absolute atomic E-state index is 0.300. The summed E-state index contributed by atoms with van der Waals surface area (Å²) in [5.74, 6) is 0. The first kappa shape index (κ1) is 13.9. The maximum Gasteiger partial charge on any atom is -0.0128 e. The molecule has 0 bridgehead atoms. The lowest BCUT2D eigenvalue weighted by atomic mass is 9.94. The molecule has 1 atom stereocenters. The van der Waals surface area contributed by atoms with Crippen molar-refractivity contribution < 1.29 is 0 Å². The van der Waals surface area contributed by atoms with Gasteiger partial charge in [0.25, 0.3) is 0 Å². The molecule has 14 heavy (non-hydrogen) atoms. The van der Waals surface area contributed by atoms with Crippen LogP contribution in [0.1, 0.15) is 54.4 Å². The second-order valence-electron chi connectivity index (χ2n) is 5.10. The predicted molar refractivity (Wildman–Crippen MR) is 70.2 cm³/mol. The summed E-state index contributed by atoms with van der Waals surface area (Å²) in [5, 5.41) is 2.98. The topological polar surface area (TPSA) is 0 Å². The van der Waals surface area contributed by atoms with Crippen LogP contribution in [-0.4, -0.2) is 0 Å². The van der Waals surface area contributed by atoms with E-state index in [1.165, 1.54) is 23.7 Å². The summed E-state index contributed by atoms with van der Waals surface area (Å²) in [5.41, 5.74) is 1.77. The van der Waals surface area contributed by atoms with E-state index in [4.69, 9.17) is 0 Å². The van der Waals surface area contributed by atoms with E-state index < -0.39 is 0 Å². The van der Waals surface area contributed by atoms with Gasteiger partial charge in [-0.05, 0) is 31.0 Å². The smallest absolute Gasteiger partial charge is 0.0128 e. The molecule has 0 nitrogen and oxygen atoms in total. The van der Waals surface area contributed by atoms with Crippen LogP contribution in [0.4, 0.5) is 0 Å². The van der Waals surface area contributed by atoms with Crippen LogP contribution in [0.15, 0.2) is 22.8 Å². The van der Waals surface area contributed by atoms with Crippen molar-refractivity contribution in [3.05, 3.63) is 22.8 Å². The Morgan fingerprint density at radius 1 is 1.21 bits per heavy atom. The average molecular weight is 212 g/mol. The Morgan fingerprint density at radius 3 is 2.00 bits per heavy atom. The van der Waals surface area contributed by atoms with Crippen LogP contribution >= 0.6 is 8.58 Å². The van der Waals surface area contributed by atoms with Crippen LogP contribution in [0, 0.1) is 5.41 Å². The number of hydrogen-bond acceptors (Lipinski definition) is 0. The molecule has 0 rings (SSSR count). The molecule has 0 aliphatic heterocycles. The predicted octanol–water partition coefficient (Wildman–Crippen LogP) is 5.32. The van der Waals surface area contributed by atoms with E-state index >= 15 is 0 Å². The van der Waals surface area contributed by atoms with Gasteiger partial charge in [0.1, 0.15) is 0 Å². The van der Waals surface area contributed by atoms with E-state index in [1.807, 2.05) is 0 Å². The van der Waals surface area contributed by atoms with Gasteiger partial charge in [-0.25, -0.2) is 0 Å². The van der Waals surface area contributed by atoms with E-state index in [1.54, 1.807) is 5.31 Å². The van der Waals surface area contributed by atoms with Crippen molar-refractivity contribution in [2.24, 2.45) is 5.41 Å². The normalized spacial score (nSPS) is 12.1. The molecule has 0 radical (unpaired) electrons. The highest BCUT2D eigenvalue weighted by molar-refractivity contribution is 7.47. The molecule has 0 aromatic rings. The van der Waals surface area contributed by atoms with Crippen molar-refractivity contribution in [1.29, 1.82) is 0 Å². The first-order chi connectivity index (χ1) is 6.29. The molecule has 0 heterocycles. The fourth-order valence-electron chi connectivity index (χ4n) is 1.60. The van der Waals surface area contributed by atoms with E-state index in [-0.39, 0.29) is 0 Å². The summed E-state index contributed by atoms with van der Waals surface area (Å²) in [6.45, 7) is 17.7. The molecule has 0 spiro atoms. The third kappa shape index (κ3) is 4.96. The molecule has 0 saturated carbocycles. The van der Waals surface area contributed by atoms with Gasteiger partial charge in [0, 0.05) is 0 Å². The monoisotopic (exact) mass is 212 g/mol. The van der Waals surface area contributed by atoms with Crippen molar-refractivity contribution in [1.82, 2.24) is 0 Å². The number of hydrogen-bond donors (Lipinski definition) is 0. The zero-order valence-electron chi connectivity index (χ0n) is 10.6. The van der Waals surface area contributed by atoms with Gasteiger partial charge in [-0.2, -0.15) is 0 Å². The number of rotatable bonds is 4. The third-order valence-electron chi connectivity index (χ3n) is 2.10. The molecule has 0 aliphatic rings. The molecule has 0 saturated heterocycles. The molecule has 0 fully saturated rings. The summed E-state index contributed by atoms with van der Waals surface area (Å²) < 4.78 is 0. The molecule has 0 aromatic heterocycles. The summed E-state index contributed by atoms with van der Waals surface area (Å²) in [7, 11) is 0.821. The van der Waals surface area contributed by atoms with Crippen molar-refractivity contribution in [3.63, 3.8) is 0 Å². The zero-order chi connectivity index (χ0) is 11.4. The van der Waals surface area contributed by atoms with E-state index in [0.29, 0.717) is 5.41 Å². The lowest BCUT2D eigenvalue weighted by Crippen LogP contribution is -2.07. The molecule has 0 aliphatic carbocycles. The Labute approximate surface area is 91.7 Å². The summed E-state index contributed by atoms with van der Waals surface area (Å²) in [4.78, 5) is 0. The Morgan fingerprint density at radius 2 is 1.71 bits per heavy atom. The van der Waals surface area contributed by atoms with Gasteiger partial charge in [-0.3, -0.25) is 0 Å². The summed E-state index contributed by atoms with van der Waals surface area (Å²) >= 11 is 0. The largest absolute Gasteiger partial charge is 0.0953 e. The van der Waals surface area contributed by atoms with Gasteiger partial charge in [0.05, 0.1) is 0 Å². The minimum atomic E-state index is 0.300. The lowest BCUT2D eigenvalue weighted by Gasteiger charge is -2.25. The standard InChI is InChI=1S/C13H25P/c1-8-9-11(4)14-12(10(2)3)13(5,6)7/h14H,4,8-9H2,1-3,5-7H3. The fourth-order valence-corrected chi connectivity index (χ4v) is 2.96. The second kappa shape index (κ2) is 5.71. The van der Waals surface area contributed by atoms with Crippen LogP contribution in [0.3, 0.4) is 0 Å². The highest BCUT2D eigenvalue weighted by atomic mass is 31.1. The van der Waals surface area contributed by atoms with Gasteiger partial charge >= 0.3 is 0 Å². The van der Waals surface area contributed by atoms with Crippen molar-refractivity contribution in [2.45, 2.75) is 54.4 Å². The van der Waals surface area contributed by atoms with Crippen molar-refractivity contribution in [3.8, 4) is 0 Å². The highest BCUT2D eigenvalue weighted by Gasteiger charge is 2.18.